The van der Waals surface area contributed by atoms with Gasteiger partial charge in [-0.05, 0) is 28.4 Å². The molecule has 0 saturated heterocycles. The van der Waals surface area contributed by atoms with Crippen LogP contribution in [0.25, 0.3) is 0 Å². The molecule has 0 aromatic carbocycles. The molecule has 0 atom stereocenters. The van der Waals surface area contributed by atoms with E-state index in [-0.39, 0.29) is 22.9 Å². The summed E-state index contributed by atoms with van der Waals surface area (Å²) in [5.41, 5.74) is 0. The average Bonchev–Trinajstić information content (AvgIpc) is 2.54. The second-order valence-corrected chi connectivity index (χ2v) is 9.81. The first kappa shape index (κ1) is 16.3. The van der Waals surface area contributed by atoms with Gasteiger partial charge in [0.15, 0.2) is 0 Å². The standard InChI is InChI=1S/C7H10BrClN2O4S3/c8-7-5(9)4-6(16-7)18(14,15)11-2-1-3-17(10,12)13/h4,11H,1-3H2,(H2,10,12,13). The average molecular weight is 398 g/mol. The van der Waals surface area contributed by atoms with Crippen molar-refractivity contribution in [3.05, 3.63) is 14.9 Å². The molecule has 0 spiro atoms. The summed E-state index contributed by atoms with van der Waals surface area (Å²) in [5.74, 6) is -0.273. The summed E-state index contributed by atoms with van der Waals surface area (Å²) >= 11 is 9.82. The highest BCUT2D eigenvalue weighted by Crippen LogP contribution is 2.34. The molecule has 11 heteroatoms. The first-order valence-corrected chi connectivity index (χ1v) is 9.75. The molecule has 0 unspecified atom stereocenters. The van der Waals surface area contributed by atoms with Crippen LogP contribution in [0.2, 0.25) is 5.02 Å². The molecule has 1 aromatic heterocycles. The van der Waals surface area contributed by atoms with E-state index in [4.69, 9.17) is 16.7 Å². The first-order valence-electron chi connectivity index (χ1n) is 4.57. The van der Waals surface area contributed by atoms with Gasteiger partial charge in [0.05, 0.1) is 14.6 Å². The maximum Gasteiger partial charge on any atom is 0.250 e. The number of hydrogen-bond acceptors (Lipinski definition) is 5. The minimum absolute atomic E-state index is 0.00803. The van der Waals surface area contributed by atoms with E-state index < -0.39 is 20.0 Å². The van der Waals surface area contributed by atoms with E-state index in [1.165, 1.54) is 6.07 Å². The fraction of sp³-hybridized carbons (Fsp3) is 0.429. The van der Waals surface area contributed by atoms with Gasteiger partial charge in [0, 0.05) is 6.54 Å². The lowest BCUT2D eigenvalue weighted by Gasteiger charge is -2.03. The van der Waals surface area contributed by atoms with E-state index in [9.17, 15) is 16.8 Å². The predicted octanol–water partition coefficient (Wildman–Crippen LogP) is 1.12. The molecule has 0 aliphatic carbocycles. The molecule has 0 aliphatic heterocycles. The van der Waals surface area contributed by atoms with E-state index >= 15 is 0 Å². The van der Waals surface area contributed by atoms with Crippen molar-refractivity contribution in [2.45, 2.75) is 10.6 Å². The SMILES string of the molecule is NS(=O)(=O)CCCNS(=O)(=O)c1cc(Cl)c(Br)s1. The van der Waals surface area contributed by atoms with Gasteiger partial charge in [-0.1, -0.05) is 11.6 Å². The Labute approximate surface area is 123 Å². The molecule has 18 heavy (non-hydrogen) atoms. The molecule has 0 radical (unpaired) electrons. The van der Waals surface area contributed by atoms with E-state index in [0.29, 0.717) is 8.81 Å². The van der Waals surface area contributed by atoms with E-state index in [1.54, 1.807) is 0 Å². The largest absolute Gasteiger partial charge is 0.250 e. The van der Waals surface area contributed by atoms with Gasteiger partial charge in [-0.3, -0.25) is 0 Å². The number of rotatable bonds is 6. The normalized spacial score (nSPS) is 12.8. The van der Waals surface area contributed by atoms with Gasteiger partial charge in [-0.25, -0.2) is 26.7 Å². The minimum atomic E-state index is -3.66. The number of primary sulfonamides is 1. The van der Waals surface area contributed by atoms with Crippen molar-refractivity contribution in [2.75, 3.05) is 12.3 Å². The summed E-state index contributed by atoms with van der Waals surface area (Å²) in [6.45, 7) is -0.00803. The number of halogens is 2. The number of hydrogen-bond donors (Lipinski definition) is 2. The summed E-state index contributed by atoms with van der Waals surface area (Å²) in [6.07, 6.45) is 0.109. The van der Waals surface area contributed by atoms with Crippen LogP contribution in [-0.2, 0) is 20.0 Å². The van der Waals surface area contributed by atoms with Gasteiger partial charge in [0.1, 0.15) is 4.21 Å². The molecule has 1 aromatic rings. The number of sulfonamides is 2. The second-order valence-electron chi connectivity index (χ2n) is 3.31. The van der Waals surface area contributed by atoms with Crippen LogP contribution in [0.5, 0.6) is 0 Å². The van der Waals surface area contributed by atoms with Crippen molar-refractivity contribution in [3.8, 4) is 0 Å². The van der Waals surface area contributed by atoms with Gasteiger partial charge in [0.25, 0.3) is 0 Å². The second kappa shape index (κ2) is 6.16. The topological polar surface area (TPSA) is 106 Å². The van der Waals surface area contributed by atoms with Gasteiger partial charge in [-0.15, -0.1) is 11.3 Å². The molecule has 104 valence electrons. The van der Waals surface area contributed by atoms with Crippen LogP contribution in [0.15, 0.2) is 14.1 Å². The molecule has 0 aliphatic rings. The fourth-order valence-electron chi connectivity index (χ4n) is 1.01. The van der Waals surface area contributed by atoms with E-state index in [1.807, 2.05) is 0 Å². The zero-order valence-electron chi connectivity index (χ0n) is 8.89. The third-order valence-electron chi connectivity index (χ3n) is 1.79. The number of nitrogens with one attached hydrogen (secondary N) is 1. The molecular formula is C7H10BrClN2O4S3. The molecule has 1 rings (SSSR count). The first-order chi connectivity index (χ1) is 8.12. The van der Waals surface area contributed by atoms with Gasteiger partial charge in [0.2, 0.25) is 20.0 Å². The highest BCUT2D eigenvalue weighted by atomic mass is 79.9. The van der Waals surface area contributed by atoms with Crippen LogP contribution in [0.3, 0.4) is 0 Å². The third kappa shape index (κ3) is 5.11. The summed E-state index contributed by atoms with van der Waals surface area (Å²) in [4.78, 5) is 0. The van der Waals surface area contributed by atoms with Gasteiger partial charge < -0.3 is 0 Å². The highest BCUT2D eigenvalue weighted by molar-refractivity contribution is 9.11. The van der Waals surface area contributed by atoms with Crippen LogP contribution in [0.1, 0.15) is 6.42 Å². The van der Waals surface area contributed by atoms with Crippen molar-refractivity contribution in [1.29, 1.82) is 0 Å². The third-order valence-corrected chi connectivity index (χ3v) is 7.05. The number of thiophene rings is 1. The minimum Gasteiger partial charge on any atom is -0.229 e. The van der Waals surface area contributed by atoms with Crippen molar-refractivity contribution in [2.24, 2.45) is 5.14 Å². The highest BCUT2D eigenvalue weighted by Gasteiger charge is 2.18. The van der Waals surface area contributed by atoms with Crippen LogP contribution < -0.4 is 9.86 Å². The zero-order chi connectivity index (χ0) is 14.0. The smallest absolute Gasteiger partial charge is 0.229 e. The summed E-state index contributed by atoms with van der Waals surface area (Å²) < 4.78 is 47.7. The summed E-state index contributed by atoms with van der Waals surface area (Å²) in [5, 5.41) is 5.10. The zero-order valence-corrected chi connectivity index (χ0v) is 13.7. The summed E-state index contributed by atoms with van der Waals surface area (Å²) in [6, 6.07) is 1.32. The Kier molecular flexibility index (Phi) is 5.59. The molecule has 0 amide bonds. The number of nitrogens with two attached hydrogens (primary N) is 1. The summed E-state index contributed by atoms with van der Waals surface area (Å²) in [7, 11) is -7.23. The molecular weight excluding hydrogens is 388 g/mol. The Hall–Kier alpha value is 0.290. The fourth-order valence-corrected chi connectivity index (χ4v) is 5.07. The lowest BCUT2D eigenvalue weighted by molar-refractivity contribution is 0.578. The Morgan fingerprint density at radius 1 is 1.39 bits per heavy atom. The van der Waals surface area contributed by atoms with Crippen LogP contribution in [0.4, 0.5) is 0 Å². The molecule has 1 heterocycles. The Morgan fingerprint density at radius 3 is 2.44 bits per heavy atom. The molecule has 0 bridgehead atoms. The van der Waals surface area contributed by atoms with E-state index in [2.05, 4.69) is 20.7 Å². The van der Waals surface area contributed by atoms with Crippen LogP contribution >= 0.6 is 38.9 Å². The van der Waals surface area contributed by atoms with Crippen LogP contribution in [-0.4, -0.2) is 29.1 Å². The quantitative estimate of drug-likeness (QED) is 0.701. The van der Waals surface area contributed by atoms with Crippen molar-refractivity contribution in [1.82, 2.24) is 4.72 Å². The maximum absolute atomic E-state index is 11.8. The van der Waals surface area contributed by atoms with Gasteiger partial charge >= 0.3 is 0 Å². The molecule has 0 saturated carbocycles. The maximum atomic E-state index is 11.8. The molecule has 0 fully saturated rings. The monoisotopic (exact) mass is 396 g/mol. The lowest BCUT2D eigenvalue weighted by Crippen LogP contribution is -2.27. The van der Waals surface area contributed by atoms with E-state index in [0.717, 1.165) is 11.3 Å². The molecule has 6 nitrogen and oxygen atoms in total. The van der Waals surface area contributed by atoms with Gasteiger partial charge in [-0.2, -0.15) is 0 Å². The van der Waals surface area contributed by atoms with Crippen LogP contribution in [0, 0.1) is 0 Å². The Morgan fingerprint density at radius 2 is 2.00 bits per heavy atom. The van der Waals surface area contributed by atoms with Crippen molar-refractivity contribution >= 4 is 58.9 Å². The Bertz CT molecular complexity index is 606. The molecule has 3 N–H and O–H groups in total. The van der Waals surface area contributed by atoms with Crippen molar-refractivity contribution in [3.63, 3.8) is 0 Å². The predicted molar refractivity (Wildman–Crippen MR) is 74.8 cm³/mol. The van der Waals surface area contributed by atoms with Crippen molar-refractivity contribution < 1.29 is 16.8 Å². The Balaban J connectivity index is 2.61. The lowest BCUT2D eigenvalue weighted by atomic mass is 10.5.